The van der Waals surface area contributed by atoms with E-state index in [1.165, 1.54) is 12.4 Å². The molecule has 1 N–H and O–H groups in total. The van der Waals surface area contributed by atoms with E-state index < -0.39 is 16.9 Å². The van der Waals surface area contributed by atoms with Crippen molar-refractivity contribution in [2.75, 3.05) is 6.61 Å². The second-order valence-electron chi connectivity index (χ2n) is 7.47. The summed E-state index contributed by atoms with van der Waals surface area (Å²) in [7, 11) is 0. The summed E-state index contributed by atoms with van der Waals surface area (Å²) in [6, 6.07) is 9.41. The van der Waals surface area contributed by atoms with Gasteiger partial charge in [-0.05, 0) is 38.2 Å². The number of nitrogens with one attached hydrogen (secondary N) is 1. The van der Waals surface area contributed by atoms with Crippen LogP contribution in [0.2, 0.25) is 0 Å². The SMILES string of the molecule is CCOC(=O)[C@@]1(Cc2ccccc2)C[C@H]2CC[C@@H]1N2C(=O)c1ncc[nH]c1=O. The monoisotopic (exact) mass is 381 g/mol. The topological polar surface area (TPSA) is 92.4 Å². The molecule has 28 heavy (non-hydrogen) atoms. The molecule has 2 aromatic rings. The van der Waals surface area contributed by atoms with E-state index in [0.717, 1.165) is 12.0 Å². The van der Waals surface area contributed by atoms with Gasteiger partial charge >= 0.3 is 5.97 Å². The summed E-state index contributed by atoms with van der Waals surface area (Å²) in [6.07, 6.45) is 5.38. The lowest BCUT2D eigenvalue weighted by Gasteiger charge is -2.35. The Balaban J connectivity index is 1.71. The number of hydrogen-bond acceptors (Lipinski definition) is 5. The Hall–Kier alpha value is -2.96. The van der Waals surface area contributed by atoms with E-state index in [0.29, 0.717) is 25.9 Å². The summed E-state index contributed by atoms with van der Waals surface area (Å²) < 4.78 is 5.45. The van der Waals surface area contributed by atoms with E-state index in [-0.39, 0.29) is 23.7 Å². The summed E-state index contributed by atoms with van der Waals surface area (Å²) in [6.45, 7) is 2.08. The van der Waals surface area contributed by atoms with E-state index in [1.54, 1.807) is 11.8 Å². The smallest absolute Gasteiger partial charge is 0.314 e. The van der Waals surface area contributed by atoms with E-state index in [4.69, 9.17) is 4.74 Å². The molecule has 2 aliphatic heterocycles. The number of carbonyl (C=O) groups excluding carboxylic acids is 2. The third-order valence-electron chi connectivity index (χ3n) is 5.93. The summed E-state index contributed by atoms with van der Waals surface area (Å²) in [5, 5.41) is 0. The Bertz CT molecular complexity index is 942. The number of carbonyl (C=O) groups is 2. The number of benzene rings is 1. The highest BCUT2D eigenvalue weighted by molar-refractivity contribution is 5.94. The Morgan fingerprint density at radius 2 is 2.07 bits per heavy atom. The molecule has 4 rings (SSSR count). The van der Waals surface area contributed by atoms with Gasteiger partial charge in [-0.15, -0.1) is 0 Å². The molecule has 7 heteroatoms. The van der Waals surface area contributed by atoms with E-state index in [9.17, 15) is 14.4 Å². The van der Waals surface area contributed by atoms with Crippen LogP contribution < -0.4 is 5.56 Å². The van der Waals surface area contributed by atoms with Gasteiger partial charge in [0, 0.05) is 24.5 Å². The fourth-order valence-corrected chi connectivity index (χ4v) is 4.83. The Morgan fingerprint density at radius 3 is 2.79 bits per heavy atom. The van der Waals surface area contributed by atoms with Crippen LogP contribution in [0.3, 0.4) is 0 Å². The van der Waals surface area contributed by atoms with Gasteiger partial charge in [0.15, 0.2) is 5.69 Å². The van der Waals surface area contributed by atoms with Gasteiger partial charge in [-0.3, -0.25) is 14.4 Å². The van der Waals surface area contributed by atoms with Crippen LogP contribution in [0.5, 0.6) is 0 Å². The second kappa shape index (κ2) is 7.22. The largest absolute Gasteiger partial charge is 0.465 e. The van der Waals surface area contributed by atoms with Crippen molar-refractivity contribution in [2.24, 2.45) is 5.41 Å². The van der Waals surface area contributed by atoms with Crippen molar-refractivity contribution in [3.63, 3.8) is 0 Å². The molecule has 1 amide bonds. The van der Waals surface area contributed by atoms with Crippen molar-refractivity contribution in [1.82, 2.24) is 14.9 Å². The van der Waals surface area contributed by atoms with Gasteiger partial charge in [0.1, 0.15) is 0 Å². The molecule has 3 heterocycles. The van der Waals surface area contributed by atoms with Gasteiger partial charge in [0.2, 0.25) is 0 Å². The molecule has 2 fully saturated rings. The first-order chi connectivity index (χ1) is 13.6. The normalized spacial score (nSPS) is 25.7. The Labute approximate surface area is 162 Å². The van der Waals surface area contributed by atoms with Gasteiger partial charge in [-0.1, -0.05) is 30.3 Å². The molecule has 7 nitrogen and oxygen atoms in total. The zero-order valence-electron chi connectivity index (χ0n) is 15.8. The molecule has 146 valence electrons. The van der Waals surface area contributed by atoms with Crippen LogP contribution in [-0.4, -0.2) is 45.4 Å². The molecule has 3 atom stereocenters. The highest BCUT2D eigenvalue weighted by Gasteiger charge is 2.62. The fourth-order valence-electron chi connectivity index (χ4n) is 4.83. The van der Waals surface area contributed by atoms with Gasteiger partial charge < -0.3 is 14.6 Å². The zero-order chi connectivity index (χ0) is 19.7. The minimum absolute atomic E-state index is 0.0907. The number of aromatic nitrogens is 2. The molecule has 0 unspecified atom stereocenters. The molecule has 1 aromatic heterocycles. The molecule has 0 aliphatic carbocycles. The van der Waals surface area contributed by atoms with E-state index in [1.807, 2.05) is 30.3 Å². The van der Waals surface area contributed by atoms with Crippen molar-refractivity contribution < 1.29 is 14.3 Å². The number of rotatable bonds is 5. The lowest BCUT2D eigenvalue weighted by Crippen LogP contribution is -2.48. The third-order valence-corrected chi connectivity index (χ3v) is 5.93. The molecule has 2 bridgehead atoms. The summed E-state index contributed by atoms with van der Waals surface area (Å²) >= 11 is 0. The highest BCUT2D eigenvalue weighted by Crippen LogP contribution is 2.52. The number of amides is 1. The maximum Gasteiger partial charge on any atom is 0.314 e. The summed E-state index contributed by atoms with van der Waals surface area (Å²) in [5.41, 5.74) is -0.397. The van der Waals surface area contributed by atoms with Crippen LogP contribution >= 0.6 is 0 Å². The Morgan fingerprint density at radius 1 is 1.29 bits per heavy atom. The quantitative estimate of drug-likeness (QED) is 0.799. The van der Waals surface area contributed by atoms with Gasteiger partial charge in [0.05, 0.1) is 12.0 Å². The lowest BCUT2D eigenvalue weighted by atomic mass is 9.70. The number of fused-ring (bicyclic) bond motifs is 2. The lowest BCUT2D eigenvalue weighted by molar-refractivity contribution is -0.157. The molecule has 0 spiro atoms. The number of nitrogens with zero attached hydrogens (tertiary/aromatic N) is 2. The van der Waals surface area contributed by atoms with Crippen molar-refractivity contribution in [1.29, 1.82) is 0 Å². The van der Waals surface area contributed by atoms with Crippen LogP contribution in [-0.2, 0) is 16.0 Å². The average Bonchev–Trinajstić information content (AvgIpc) is 3.25. The standard InChI is InChI=1S/C21H23N3O4/c1-2-28-20(27)21(12-14-6-4-3-5-7-14)13-15-8-9-16(21)24(15)19(26)17-18(25)23-11-10-22-17/h3-7,10-11,15-16H,2,8-9,12-13H2,1H3,(H,23,25)/t15-,16+,21+/m1/s1. The zero-order valence-corrected chi connectivity index (χ0v) is 15.8. The maximum absolute atomic E-state index is 13.1. The summed E-state index contributed by atoms with van der Waals surface area (Å²) in [5.74, 6) is -0.674. The second-order valence-corrected chi connectivity index (χ2v) is 7.47. The first kappa shape index (κ1) is 18.4. The van der Waals surface area contributed by atoms with Gasteiger partial charge in [-0.25, -0.2) is 4.98 Å². The molecule has 2 aliphatic rings. The molecular formula is C21H23N3O4. The number of aromatic amines is 1. The van der Waals surface area contributed by atoms with Crippen molar-refractivity contribution in [2.45, 2.75) is 44.7 Å². The number of esters is 1. The molecule has 1 aromatic carbocycles. The summed E-state index contributed by atoms with van der Waals surface area (Å²) in [4.78, 5) is 46.5. The third kappa shape index (κ3) is 2.91. The van der Waals surface area contributed by atoms with Gasteiger partial charge in [0.25, 0.3) is 11.5 Å². The molecule has 2 saturated heterocycles. The van der Waals surface area contributed by atoms with Gasteiger partial charge in [-0.2, -0.15) is 0 Å². The number of ether oxygens (including phenoxy) is 1. The minimum atomic E-state index is -0.794. The van der Waals surface area contributed by atoms with Crippen LogP contribution in [0.1, 0.15) is 42.2 Å². The van der Waals surface area contributed by atoms with Crippen molar-refractivity contribution in [3.05, 3.63) is 64.3 Å². The van der Waals surface area contributed by atoms with Crippen LogP contribution in [0.25, 0.3) is 0 Å². The van der Waals surface area contributed by atoms with Crippen LogP contribution in [0.4, 0.5) is 0 Å². The molecule has 0 radical (unpaired) electrons. The maximum atomic E-state index is 13.1. The predicted molar refractivity (Wildman–Crippen MR) is 102 cm³/mol. The van der Waals surface area contributed by atoms with E-state index in [2.05, 4.69) is 9.97 Å². The van der Waals surface area contributed by atoms with Crippen LogP contribution in [0.15, 0.2) is 47.5 Å². The fraction of sp³-hybridized carbons (Fsp3) is 0.429. The Kier molecular flexibility index (Phi) is 4.75. The predicted octanol–water partition coefficient (Wildman–Crippen LogP) is 1.94. The highest BCUT2D eigenvalue weighted by atomic mass is 16.5. The van der Waals surface area contributed by atoms with Crippen molar-refractivity contribution >= 4 is 11.9 Å². The molecule has 0 saturated carbocycles. The molecular weight excluding hydrogens is 358 g/mol. The number of H-pyrrole nitrogens is 1. The first-order valence-electron chi connectivity index (χ1n) is 9.64. The van der Waals surface area contributed by atoms with E-state index >= 15 is 0 Å². The van der Waals surface area contributed by atoms with Crippen LogP contribution in [0, 0.1) is 5.41 Å². The number of hydrogen-bond donors (Lipinski definition) is 1. The average molecular weight is 381 g/mol. The van der Waals surface area contributed by atoms with Crippen molar-refractivity contribution in [3.8, 4) is 0 Å². The minimum Gasteiger partial charge on any atom is -0.465 e. The first-order valence-corrected chi connectivity index (χ1v) is 9.64.